The molecule has 3 rings (SSSR count). The second-order valence-electron chi connectivity index (χ2n) is 7.09. The van der Waals surface area contributed by atoms with E-state index in [-0.39, 0.29) is 17.6 Å². The third-order valence-electron chi connectivity index (χ3n) is 4.68. The van der Waals surface area contributed by atoms with Crippen LogP contribution in [-0.4, -0.2) is 46.9 Å². The number of thioether (sulfide) groups is 1. The molecule has 0 saturated carbocycles. The Morgan fingerprint density at radius 2 is 2.00 bits per heavy atom. The molecule has 2 N–H and O–H groups in total. The molecular formula is C24H28N4O3S. The van der Waals surface area contributed by atoms with Gasteiger partial charge in [-0.15, -0.1) is 0 Å². The zero-order valence-corrected chi connectivity index (χ0v) is 19.2. The standard InChI is InChI=1S/C24H28N4O3S/c1-3-31-15-7-12-25-23(30)19-9-6-10-20(16-19)27-22(29)17-32-24-26-13-14-28(24)21-11-5-4-8-18(21)2/h4-6,8-11,13-14,16H,3,7,12,15,17H2,1-2H3,(H,25,30)(H,27,29). The maximum atomic E-state index is 12.5. The van der Waals surface area contributed by atoms with Crippen LogP contribution in [0, 0.1) is 6.92 Å². The van der Waals surface area contributed by atoms with Crippen molar-refractivity contribution >= 4 is 29.3 Å². The lowest BCUT2D eigenvalue weighted by Gasteiger charge is -2.11. The van der Waals surface area contributed by atoms with Crippen LogP contribution in [0.5, 0.6) is 0 Å². The Morgan fingerprint density at radius 3 is 2.81 bits per heavy atom. The van der Waals surface area contributed by atoms with Crippen LogP contribution in [0.25, 0.3) is 5.69 Å². The second kappa shape index (κ2) is 12.1. The van der Waals surface area contributed by atoms with E-state index in [9.17, 15) is 9.59 Å². The zero-order chi connectivity index (χ0) is 22.8. The van der Waals surface area contributed by atoms with Gasteiger partial charge in [0, 0.05) is 43.4 Å². The first-order valence-electron chi connectivity index (χ1n) is 10.6. The number of hydrogen-bond donors (Lipinski definition) is 2. The van der Waals surface area contributed by atoms with Gasteiger partial charge in [-0.1, -0.05) is 36.0 Å². The Kier molecular flexibility index (Phi) is 8.89. The van der Waals surface area contributed by atoms with E-state index in [1.165, 1.54) is 11.8 Å². The number of nitrogens with zero attached hydrogens (tertiary/aromatic N) is 2. The first-order valence-corrected chi connectivity index (χ1v) is 11.5. The number of imidazole rings is 1. The number of ether oxygens (including phenoxy) is 1. The van der Waals surface area contributed by atoms with Gasteiger partial charge in [-0.3, -0.25) is 14.2 Å². The molecule has 1 aromatic heterocycles. The third-order valence-corrected chi connectivity index (χ3v) is 5.64. The predicted molar refractivity (Wildman–Crippen MR) is 128 cm³/mol. The van der Waals surface area contributed by atoms with Crippen LogP contribution in [0.4, 0.5) is 5.69 Å². The highest BCUT2D eigenvalue weighted by Gasteiger charge is 2.12. The van der Waals surface area contributed by atoms with Crippen LogP contribution >= 0.6 is 11.8 Å². The van der Waals surface area contributed by atoms with Crippen LogP contribution in [0.3, 0.4) is 0 Å². The van der Waals surface area contributed by atoms with E-state index in [2.05, 4.69) is 15.6 Å². The summed E-state index contributed by atoms with van der Waals surface area (Å²) in [5, 5.41) is 6.46. The van der Waals surface area contributed by atoms with Crippen molar-refractivity contribution in [2.75, 3.05) is 30.8 Å². The highest BCUT2D eigenvalue weighted by atomic mass is 32.2. The van der Waals surface area contributed by atoms with Crippen molar-refractivity contribution in [2.45, 2.75) is 25.4 Å². The molecule has 0 spiro atoms. The summed E-state index contributed by atoms with van der Waals surface area (Å²) < 4.78 is 7.24. The summed E-state index contributed by atoms with van der Waals surface area (Å²) in [6, 6.07) is 14.9. The summed E-state index contributed by atoms with van der Waals surface area (Å²) in [6.07, 6.45) is 4.37. The molecule has 0 aliphatic carbocycles. The third kappa shape index (κ3) is 6.70. The minimum atomic E-state index is -0.174. The predicted octanol–water partition coefficient (Wildman–Crippen LogP) is 4.07. The summed E-state index contributed by atoms with van der Waals surface area (Å²) >= 11 is 1.36. The number of aryl methyl sites for hydroxylation is 1. The SMILES string of the molecule is CCOCCCNC(=O)c1cccc(NC(=O)CSc2nccn2-c2ccccc2C)c1. The normalized spacial score (nSPS) is 10.7. The maximum Gasteiger partial charge on any atom is 0.251 e. The number of carbonyl (C=O) groups excluding carboxylic acids is 2. The lowest BCUT2D eigenvalue weighted by Crippen LogP contribution is -2.25. The molecule has 2 aromatic carbocycles. The molecule has 0 aliphatic heterocycles. The average Bonchev–Trinajstić information content (AvgIpc) is 3.26. The van der Waals surface area contributed by atoms with Crippen molar-refractivity contribution < 1.29 is 14.3 Å². The Morgan fingerprint density at radius 1 is 1.16 bits per heavy atom. The van der Waals surface area contributed by atoms with Gasteiger partial charge >= 0.3 is 0 Å². The lowest BCUT2D eigenvalue weighted by molar-refractivity contribution is -0.113. The monoisotopic (exact) mass is 452 g/mol. The van der Waals surface area contributed by atoms with Gasteiger partial charge in [-0.05, 0) is 50.1 Å². The molecule has 1 heterocycles. The van der Waals surface area contributed by atoms with Crippen molar-refractivity contribution in [3.05, 3.63) is 72.1 Å². The molecule has 0 aliphatic rings. The Bertz CT molecular complexity index is 1050. The number of nitrogens with one attached hydrogen (secondary N) is 2. The molecule has 2 amide bonds. The molecule has 32 heavy (non-hydrogen) atoms. The first kappa shape index (κ1) is 23.6. The van der Waals surface area contributed by atoms with Crippen molar-refractivity contribution in [1.29, 1.82) is 0 Å². The Balaban J connectivity index is 1.53. The molecule has 0 unspecified atom stereocenters. The summed E-state index contributed by atoms with van der Waals surface area (Å²) in [6.45, 7) is 5.81. The highest BCUT2D eigenvalue weighted by molar-refractivity contribution is 7.99. The molecule has 0 fully saturated rings. The summed E-state index contributed by atoms with van der Waals surface area (Å²) in [7, 11) is 0. The second-order valence-corrected chi connectivity index (χ2v) is 8.03. The minimum Gasteiger partial charge on any atom is -0.382 e. The number of aromatic nitrogens is 2. The van der Waals surface area contributed by atoms with Crippen molar-refractivity contribution in [2.24, 2.45) is 0 Å². The highest BCUT2D eigenvalue weighted by Crippen LogP contribution is 2.23. The van der Waals surface area contributed by atoms with Crippen LogP contribution in [0.15, 0.2) is 66.1 Å². The molecule has 0 bridgehead atoms. The molecule has 7 nitrogen and oxygen atoms in total. The Hall–Kier alpha value is -3.10. The van der Waals surface area contributed by atoms with Crippen LogP contribution in [0.1, 0.15) is 29.3 Å². The number of benzene rings is 2. The number of para-hydroxylation sites is 1. The summed E-state index contributed by atoms with van der Waals surface area (Å²) in [5.41, 5.74) is 3.25. The topological polar surface area (TPSA) is 85.2 Å². The first-order chi connectivity index (χ1) is 15.6. The number of rotatable bonds is 11. The number of amides is 2. The van der Waals surface area contributed by atoms with Gasteiger partial charge in [0.05, 0.1) is 11.4 Å². The smallest absolute Gasteiger partial charge is 0.251 e. The van der Waals surface area contributed by atoms with Gasteiger partial charge in [0.1, 0.15) is 0 Å². The summed E-state index contributed by atoms with van der Waals surface area (Å²) in [4.78, 5) is 29.2. The van der Waals surface area contributed by atoms with Gasteiger partial charge < -0.3 is 15.4 Å². The minimum absolute atomic E-state index is 0.163. The number of carbonyl (C=O) groups is 2. The van der Waals surface area contributed by atoms with Gasteiger partial charge in [-0.2, -0.15) is 0 Å². The van der Waals surface area contributed by atoms with Gasteiger partial charge in [0.2, 0.25) is 5.91 Å². The molecule has 0 saturated heterocycles. The van der Waals surface area contributed by atoms with E-state index in [1.807, 2.05) is 48.9 Å². The van der Waals surface area contributed by atoms with Crippen molar-refractivity contribution in [1.82, 2.24) is 14.9 Å². The van der Waals surface area contributed by atoms with Crippen LogP contribution in [0.2, 0.25) is 0 Å². The fourth-order valence-corrected chi connectivity index (χ4v) is 3.87. The van der Waals surface area contributed by atoms with Crippen molar-refractivity contribution in [3.63, 3.8) is 0 Å². The van der Waals surface area contributed by atoms with E-state index >= 15 is 0 Å². The zero-order valence-electron chi connectivity index (χ0n) is 18.3. The maximum absolute atomic E-state index is 12.5. The molecular weight excluding hydrogens is 424 g/mol. The van der Waals surface area contributed by atoms with E-state index in [0.29, 0.717) is 31.0 Å². The van der Waals surface area contributed by atoms with E-state index in [1.54, 1.807) is 30.5 Å². The Labute approximate surface area is 192 Å². The molecule has 168 valence electrons. The quantitative estimate of drug-likeness (QED) is 0.338. The van der Waals surface area contributed by atoms with Gasteiger partial charge in [0.25, 0.3) is 5.91 Å². The number of hydrogen-bond acceptors (Lipinski definition) is 5. The fourth-order valence-electron chi connectivity index (χ4n) is 3.10. The largest absolute Gasteiger partial charge is 0.382 e. The van der Waals surface area contributed by atoms with Crippen LogP contribution < -0.4 is 10.6 Å². The van der Waals surface area contributed by atoms with E-state index in [4.69, 9.17) is 4.74 Å². The number of anilines is 1. The fraction of sp³-hybridized carbons (Fsp3) is 0.292. The molecule has 0 radical (unpaired) electrons. The van der Waals surface area contributed by atoms with Crippen LogP contribution in [-0.2, 0) is 9.53 Å². The summed E-state index contributed by atoms with van der Waals surface area (Å²) in [5.74, 6) is -0.132. The van der Waals surface area contributed by atoms with E-state index in [0.717, 1.165) is 22.8 Å². The molecule has 8 heteroatoms. The molecule has 3 aromatic rings. The molecule has 0 atom stereocenters. The van der Waals surface area contributed by atoms with Gasteiger partial charge in [0.15, 0.2) is 5.16 Å². The van der Waals surface area contributed by atoms with Crippen molar-refractivity contribution in [3.8, 4) is 5.69 Å². The van der Waals surface area contributed by atoms with E-state index < -0.39 is 0 Å². The average molecular weight is 453 g/mol. The lowest BCUT2D eigenvalue weighted by atomic mass is 10.2. The van der Waals surface area contributed by atoms with Gasteiger partial charge in [-0.25, -0.2) is 4.98 Å².